The molecule has 6 heteroatoms. The van der Waals surface area contributed by atoms with Gasteiger partial charge in [-0.25, -0.2) is 0 Å². The van der Waals surface area contributed by atoms with E-state index < -0.39 is 0 Å². The van der Waals surface area contributed by atoms with Gasteiger partial charge in [0.2, 0.25) is 0 Å². The van der Waals surface area contributed by atoms with Crippen molar-refractivity contribution >= 4 is 28.8 Å². The first-order valence-corrected chi connectivity index (χ1v) is 5.94. The molecule has 0 saturated heterocycles. The molecule has 1 aliphatic rings. The number of aromatic nitrogens is 3. The molecule has 0 bridgehead atoms. The summed E-state index contributed by atoms with van der Waals surface area (Å²) >= 11 is 11.3. The predicted octanol–water partition coefficient (Wildman–Crippen LogP) is 2.01. The van der Waals surface area contributed by atoms with E-state index in [4.69, 9.17) is 23.8 Å². The van der Waals surface area contributed by atoms with E-state index in [1.165, 1.54) is 0 Å². The van der Waals surface area contributed by atoms with E-state index in [1.54, 1.807) is 0 Å². The van der Waals surface area contributed by atoms with E-state index in [0.717, 1.165) is 22.9 Å². The highest BCUT2D eigenvalue weighted by molar-refractivity contribution is 7.80. The van der Waals surface area contributed by atoms with Crippen molar-refractivity contribution in [3.8, 4) is 5.69 Å². The summed E-state index contributed by atoms with van der Waals surface area (Å²) in [6.45, 7) is 2.50. The Bertz CT molecular complexity index is 620. The highest BCUT2D eigenvalue weighted by Crippen LogP contribution is 2.24. The second kappa shape index (κ2) is 3.78. The van der Waals surface area contributed by atoms with Crippen LogP contribution < -0.4 is 5.32 Å². The number of rotatable bonds is 0. The lowest BCUT2D eigenvalue weighted by molar-refractivity contribution is 0.809. The fourth-order valence-electron chi connectivity index (χ4n) is 1.97. The third-order valence-electron chi connectivity index (χ3n) is 2.74. The number of aryl methyl sites for hydroxylation is 1. The van der Waals surface area contributed by atoms with Gasteiger partial charge in [0.25, 0.3) is 0 Å². The number of benzene rings is 1. The minimum Gasteiger partial charge on any atom is -0.368 e. The minimum atomic E-state index is 0.575. The maximum atomic E-state index is 6.01. The van der Waals surface area contributed by atoms with Crippen LogP contribution in [-0.2, 0) is 6.54 Å². The van der Waals surface area contributed by atoms with E-state index in [0.29, 0.717) is 16.6 Å². The van der Waals surface area contributed by atoms with Crippen LogP contribution in [0, 0.1) is 6.92 Å². The third kappa shape index (κ3) is 1.62. The zero-order valence-corrected chi connectivity index (χ0v) is 10.6. The van der Waals surface area contributed by atoms with Crippen LogP contribution in [0.2, 0.25) is 5.02 Å². The summed E-state index contributed by atoms with van der Waals surface area (Å²) in [4.78, 5) is 0.687. The quantitative estimate of drug-likeness (QED) is 0.739. The SMILES string of the molecule is Cc1nnc2n1-c1ccc(Cl)cc1C(=S)NC2. The monoisotopic (exact) mass is 264 g/mol. The van der Waals surface area contributed by atoms with Crippen molar-refractivity contribution in [3.63, 3.8) is 0 Å². The van der Waals surface area contributed by atoms with Crippen LogP contribution >= 0.6 is 23.8 Å². The van der Waals surface area contributed by atoms with Gasteiger partial charge in [0.15, 0.2) is 5.82 Å². The number of nitrogens with zero attached hydrogens (tertiary/aromatic N) is 3. The topological polar surface area (TPSA) is 42.7 Å². The average Bonchev–Trinajstić information content (AvgIpc) is 2.61. The molecule has 1 N–H and O–H groups in total. The highest BCUT2D eigenvalue weighted by atomic mass is 35.5. The van der Waals surface area contributed by atoms with Gasteiger partial charge in [0.05, 0.1) is 12.2 Å². The Hall–Kier alpha value is -1.46. The number of nitrogens with one attached hydrogen (secondary N) is 1. The van der Waals surface area contributed by atoms with Crippen molar-refractivity contribution in [2.24, 2.45) is 0 Å². The molecule has 0 spiro atoms. The van der Waals surface area contributed by atoms with Gasteiger partial charge in [-0.05, 0) is 25.1 Å². The van der Waals surface area contributed by atoms with Crippen LogP contribution in [0.15, 0.2) is 18.2 Å². The van der Waals surface area contributed by atoms with Crippen LogP contribution in [0.4, 0.5) is 0 Å². The van der Waals surface area contributed by atoms with Gasteiger partial charge in [-0.3, -0.25) is 4.57 Å². The number of hydrogen-bond acceptors (Lipinski definition) is 3. The molecular formula is C11H9ClN4S. The summed E-state index contributed by atoms with van der Waals surface area (Å²) < 4.78 is 2.00. The van der Waals surface area contributed by atoms with Crippen molar-refractivity contribution in [3.05, 3.63) is 40.4 Å². The Balaban J connectivity index is 2.34. The van der Waals surface area contributed by atoms with Gasteiger partial charge in [-0.15, -0.1) is 10.2 Å². The van der Waals surface area contributed by atoms with Gasteiger partial charge in [0.1, 0.15) is 10.8 Å². The third-order valence-corrected chi connectivity index (χ3v) is 3.34. The smallest absolute Gasteiger partial charge is 0.157 e. The van der Waals surface area contributed by atoms with E-state index in [-0.39, 0.29) is 0 Å². The lowest BCUT2D eigenvalue weighted by atomic mass is 10.1. The largest absolute Gasteiger partial charge is 0.368 e. The van der Waals surface area contributed by atoms with E-state index >= 15 is 0 Å². The Kier molecular flexibility index (Phi) is 2.38. The maximum Gasteiger partial charge on any atom is 0.157 e. The summed E-state index contributed by atoms with van der Waals surface area (Å²) in [5.41, 5.74) is 1.89. The molecule has 0 unspecified atom stereocenters. The van der Waals surface area contributed by atoms with Crippen molar-refractivity contribution in [1.82, 2.24) is 20.1 Å². The molecule has 1 aromatic heterocycles. The first kappa shape index (κ1) is 10.7. The Morgan fingerprint density at radius 1 is 1.41 bits per heavy atom. The number of hydrogen-bond donors (Lipinski definition) is 1. The molecule has 1 aromatic carbocycles. The summed E-state index contributed by atoms with van der Waals surface area (Å²) in [5, 5.41) is 12.0. The molecule has 1 aliphatic heterocycles. The first-order valence-electron chi connectivity index (χ1n) is 5.16. The van der Waals surface area contributed by atoms with Crippen molar-refractivity contribution < 1.29 is 0 Å². The molecule has 0 fully saturated rings. The molecule has 0 amide bonds. The number of thiocarbonyl (C=S) groups is 1. The van der Waals surface area contributed by atoms with Gasteiger partial charge in [-0.2, -0.15) is 0 Å². The summed E-state index contributed by atoms with van der Waals surface area (Å²) in [6, 6.07) is 5.65. The normalized spacial score (nSPS) is 13.6. The number of halogens is 1. The molecule has 4 nitrogen and oxygen atoms in total. The molecule has 2 aromatic rings. The van der Waals surface area contributed by atoms with Crippen LogP contribution in [0.3, 0.4) is 0 Å². The lowest BCUT2D eigenvalue weighted by Gasteiger charge is -2.09. The molecule has 0 saturated carbocycles. The summed E-state index contributed by atoms with van der Waals surface area (Å²) in [7, 11) is 0. The Labute approximate surface area is 109 Å². The molecular weight excluding hydrogens is 256 g/mol. The molecule has 0 atom stereocenters. The summed E-state index contributed by atoms with van der Waals surface area (Å²) in [5.74, 6) is 1.70. The fraction of sp³-hybridized carbons (Fsp3) is 0.182. The second-order valence-electron chi connectivity index (χ2n) is 3.84. The van der Waals surface area contributed by atoms with E-state index in [2.05, 4.69) is 15.5 Å². The first-order chi connectivity index (χ1) is 8.16. The molecule has 0 radical (unpaired) electrons. The summed E-state index contributed by atoms with van der Waals surface area (Å²) in [6.07, 6.45) is 0. The van der Waals surface area contributed by atoms with Crippen molar-refractivity contribution in [2.75, 3.05) is 0 Å². The maximum absolute atomic E-state index is 6.01. The molecule has 0 aliphatic carbocycles. The number of fused-ring (bicyclic) bond motifs is 3. The van der Waals surface area contributed by atoms with Crippen molar-refractivity contribution in [1.29, 1.82) is 0 Å². The zero-order chi connectivity index (χ0) is 12.0. The van der Waals surface area contributed by atoms with E-state index in [9.17, 15) is 0 Å². The molecule has 86 valence electrons. The Morgan fingerprint density at radius 2 is 2.24 bits per heavy atom. The van der Waals surface area contributed by atoms with Crippen LogP contribution in [0.5, 0.6) is 0 Å². The zero-order valence-electron chi connectivity index (χ0n) is 9.07. The fourth-order valence-corrected chi connectivity index (χ4v) is 2.38. The van der Waals surface area contributed by atoms with Crippen LogP contribution in [0.1, 0.15) is 17.2 Å². The minimum absolute atomic E-state index is 0.575. The highest BCUT2D eigenvalue weighted by Gasteiger charge is 2.20. The van der Waals surface area contributed by atoms with Crippen LogP contribution in [0.25, 0.3) is 5.69 Å². The Morgan fingerprint density at radius 3 is 3.06 bits per heavy atom. The van der Waals surface area contributed by atoms with Gasteiger partial charge in [0, 0.05) is 10.6 Å². The molecule has 17 heavy (non-hydrogen) atoms. The van der Waals surface area contributed by atoms with Gasteiger partial charge < -0.3 is 5.32 Å². The van der Waals surface area contributed by atoms with Crippen molar-refractivity contribution in [2.45, 2.75) is 13.5 Å². The second-order valence-corrected chi connectivity index (χ2v) is 4.69. The standard InChI is InChI=1S/C11H9ClN4S/c1-6-14-15-10-5-13-11(17)8-4-7(12)2-3-9(8)16(6)10/h2-4H,5H2,1H3,(H,13,17). The van der Waals surface area contributed by atoms with E-state index in [1.807, 2.05) is 29.7 Å². The molecule has 3 rings (SSSR count). The molecule has 2 heterocycles. The predicted molar refractivity (Wildman–Crippen MR) is 69.6 cm³/mol. The van der Waals surface area contributed by atoms with Crippen LogP contribution in [-0.4, -0.2) is 19.8 Å². The van der Waals surface area contributed by atoms with Gasteiger partial charge >= 0.3 is 0 Å². The lowest BCUT2D eigenvalue weighted by Crippen LogP contribution is -2.20. The van der Waals surface area contributed by atoms with Gasteiger partial charge in [-0.1, -0.05) is 23.8 Å². The average molecular weight is 265 g/mol.